The molecule has 0 radical (unpaired) electrons. The topological polar surface area (TPSA) is 99.1 Å². The predicted octanol–water partition coefficient (Wildman–Crippen LogP) is 2.25. The van der Waals surface area contributed by atoms with Crippen molar-refractivity contribution < 1.29 is 9.47 Å². The maximum Gasteiger partial charge on any atom is 0.278 e. The molecule has 0 spiro atoms. The first kappa shape index (κ1) is 18.4. The lowest BCUT2D eigenvalue weighted by atomic mass is 10.2. The summed E-state index contributed by atoms with van der Waals surface area (Å²) >= 11 is 0. The van der Waals surface area contributed by atoms with Crippen LogP contribution in [0.3, 0.4) is 0 Å². The Hall–Kier alpha value is -3.94. The Bertz CT molecular complexity index is 1320. The summed E-state index contributed by atoms with van der Waals surface area (Å²) in [6, 6.07) is 12.3. The number of nitrogens with one attached hydrogen (secondary N) is 1. The maximum absolute atomic E-state index is 13.2. The van der Waals surface area contributed by atoms with E-state index in [-0.39, 0.29) is 16.5 Å². The van der Waals surface area contributed by atoms with Crippen molar-refractivity contribution in [1.82, 2.24) is 20.0 Å². The van der Waals surface area contributed by atoms with Gasteiger partial charge in [-0.15, -0.1) is 5.10 Å². The van der Waals surface area contributed by atoms with Gasteiger partial charge < -0.3 is 14.5 Å². The Balaban J connectivity index is 1.87. The highest BCUT2D eigenvalue weighted by Crippen LogP contribution is 2.18. The van der Waals surface area contributed by atoms with Gasteiger partial charge in [0.1, 0.15) is 23.6 Å². The molecule has 0 atom stereocenters. The van der Waals surface area contributed by atoms with E-state index in [1.54, 1.807) is 31.4 Å². The average molecular weight is 390 g/mol. The van der Waals surface area contributed by atoms with Crippen molar-refractivity contribution in [3.8, 4) is 11.5 Å². The number of hydrogen-bond donors (Lipinski definition) is 1. The lowest BCUT2D eigenvalue weighted by Crippen LogP contribution is -2.10. The minimum Gasteiger partial charge on any atom is -0.497 e. The second-order valence-electron chi connectivity index (χ2n) is 6.38. The Kier molecular flexibility index (Phi) is 4.82. The summed E-state index contributed by atoms with van der Waals surface area (Å²) in [7, 11) is 1.59. The molecule has 1 N–H and O–H groups in total. The van der Waals surface area contributed by atoms with E-state index >= 15 is 0 Å². The molecule has 2 aromatic heterocycles. The van der Waals surface area contributed by atoms with Gasteiger partial charge in [0.2, 0.25) is 5.43 Å². The van der Waals surface area contributed by atoms with Gasteiger partial charge >= 0.3 is 0 Å². The number of aromatic nitrogens is 4. The largest absolute Gasteiger partial charge is 0.497 e. The van der Waals surface area contributed by atoms with Crippen LogP contribution in [0.5, 0.6) is 11.5 Å². The van der Waals surface area contributed by atoms with Crippen LogP contribution in [0.4, 0.5) is 0 Å². The van der Waals surface area contributed by atoms with E-state index in [0.29, 0.717) is 29.8 Å². The van der Waals surface area contributed by atoms with Gasteiger partial charge in [-0.25, -0.2) is 4.68 Å². The molecule has 0 bridgehead atoms. The third-order valence-corrected chi connectivity index (χ3v) is 4.51. The van der Waals surface area contributed by atoms with Crippen LogP contribution >= 0.6 is 0 Å². The van der Waals surface area contributed by atoms with Crippen LogP contribution in [0.2, 0.25) is 0 Å². The molecule has 8 nitrogen and oxygen atoms in total. The highest BCUT2D eigenvalue weighted by molar-refractivity contribution is 5.87. The van der Waals surface area contributed by atoms with E-state index in [0.717, 1.165) is 11.3 Å². The summed E-state index contributed by atoms with van der Waals surface area (Å²) in [6.07, 6.45) is 1.61. The Morgan fingerprint density at radius 3 is 2.62 bits per heavy atom. The van der Waals surface area contributed by atoms with E-state index in [4.69, 9.17) is 9.47 Å². The predicted molar refractivity (Wildman–Crippen MR) is 110 cm³/mol. The monoisotopic (exact) mass is 390 g/mol. The number of aromatic amines is 1. The number of ether oxygens (including phenoxy) is 2. The maximum atomic E-state index is 13.2. The SMILES string of the molecule is C=CCOc1ccc2c(=O)c3c(nnn3Cc3ccc(OC)cc3)c(=O)[nH]c2c1. The molecule has 146 valence electrons. The molecule has 2 aromatic carbocycles. The van der Waals surface area contributed by atoms with Crippen molar-refractivity contribution in [2.24, 2.45) is 0 Å². The number of hydrogen-bond acceptors (Lipinski definition) is 6. The van der Waals surface area contributed by atoms with Crippen LogP contribution in [-0.2, 0) is 6.54 Å². The molecule has 4 rings (SSSR count). The van der Waals surface area contributed by atoms with Gasteiger partial charge in [-0.3, -0.25) is 9.59 Å². The van der Waals surface area contributed by atoms with Crippen molar-refractivity contribution in [3.05, 3.63) is 81.3 Å². The lowest BCUT2D eigenvalue weighted by Gasteiger charge is -2.04. The molecule has 0 fully saturated rings. The molecule has 0 aliphatic heterocycles. The number of rotatable bonds is 6. The van der Waals surface area contributed by atoms with Crippen LogP contribution in [0, 0.1) is 0 Å². The molecule has 0 saturated carbocycles. The smallest absolute Gasteiger partial charge is 0.278 e. The number of H-pyrrole nitrogens is 1. The van der Waals surface area contributed by atoms with Gasteiger partial charge in [0.25, 0.3) is 5.56 Å². The molecule has 0 unspecified atom stereocenters. The molecule has 0 amide bonds. The zero-order valence-electron chi connectivity index (χ0n) is 15.7. The fraction of sp³-hybridized carbons (Fsp3) is 0.143. The van der Waals surface area contributed by atoms with Crippen molar-refractivity contribution in [2.75, 3.05) is 13.7 Å². The normalized spacial score (nSPS) is 10.9. The van der Waals surface area contributed by atoms with Crippen LogP contribution < -0.4 is 20.5 Å². The minimum atomic E-state index is -0.492. The fourth-order valence-electron chi connectivity index (χ4n) is 3.08. The molecule has 29 heavy (non-hydrogen) atoms. The van der Waals surface area contributed by atoms with Crippen LogP contribution in [0.1, 0.15) is 5.56 Å². The van der Waals surface area contributed by atoms with Gasteiger partial charge in [-0.2, -0.15) is 0 Å². The van der Waals surface area contributed by atoms with Gasteiger partial charge in [0, 0.05) is 11.5 Å². The average Bonchev–Trinajstić information content (AvgIpc) is 3.12. The summed E-state index contributed by atoms with van der Waals surface area (Å²) in [5.74, 6) is 1.25. The second-order valence-corrected chi connectivity index (χ2v) is 6.38. The van der Waals surface area contributed by atoms with Crippen LogP contribution in [0.25, 0.3) is 21.9 Å². The first-order valence-electron chi connectivity index (χ1n) is 8.91. The molecule has 2 heterocycles. The van der Waals surface area contributed by atoms with Crippen molar-refractivity contribution in [2.45, 2.75) is 6.54 Å². The molecule has 8 heteroatoms. The van der Waals surface area contributed by atoms with Gasteiger partial charge in [0.05, 0.1) is 19.2 Å². The fourth-order valence-corrected chi connectivity index (χ4v) is 3.08. The molecule has 0 aliphatic rings. The third kappa shape index (κ3) is 3.47. The van der Waals surface area contributed by atoms with Crippen molar-refractivity contribution in [1.29, 1.82) is 0 Å². The Morgan fingerprint density at radius 2 is 1.90 bits per heavy atom. The van der Waals surface area contributed by atoms with E-state index in [1.165, 1.54) is 4.68 Å². The molecule has 0 saturated heterocycles. The Labute approximate surface area is 165 Å². The molecule has 4 aromatic rings. The third-order valence-electron chi connectivity index (χ3n) is 4.51. The summed E-state index contributed by atoms with van der Waals surface area (Å²) in [6.45, 7) is 4.21. The van der Waals surface area contributed by atoms with E-state index in [2.05, 4.69) is 21.9 Å². The second kappa shape index (κ2) is 7.59. The summed E-state index contributed by atoms with van der Waals surface area (Å²) < 4.78 is 12.1. The van der Waals surface area contributed by atoms with Crippen LogP contribution in [-0.4, -0.2) is 33.7 Å². The number of fused-ring (bicyclic) bond motifs is 2. The summed E-state index contributed by atoms with van der Waals surface area (Å²) in [4.78, 5) is 28.6. The van der Waals surface area contributed by atoms with Gasteiger partial charge in [-0.1, -0.05) is 30.0 Å². The van der Waals surface area contributed by atoms with Crippen molar-refractivity contribution >= 4 is 21.9 Å². The highest BCUT2D eigenvalue weighted by atomic mass is 16.5. The Morgan fingerprint density at radius 1 is 1.14 bits per heavy atom. The van der Waals surface area contributed by atoms with E-state index < -0.39 is 5.56 Å². The number of benzene rings is 2. The first-order chi connectivity index (χ1) is 14.1. The number of methoxy groups -OCH3 is 1. The standard InChI is InChI=1S/C21H18N4O4/c1-3-10-29-15-8-9-16-17(11-15)22-21(27)18-19(20(16)26)25(24-23-18)12-13-4-6-14(28-2)7-5-13/h3-9,11H,1,10,12H2,2H3,(H,22,27). The van der Waals surface area contributed by atoms with Gasteiger partial charge in [0.15, 0.2) is 5.52 Å². The van der Waals surface area contributed by atoms with Crippen molar-refractivity contribution in [3.63, 3.8) is 0 Å². The molecular formula is C21H18N4O4. The van der Waals surface area contributed by atoms with Gasteiger partial charge in [-0.05, 0) is 29.8 Å². The molecular weight excluding hydrogens is 372 g/mol. The summed E-state index contributed by atoms with van der Waals surface area (Å²) in [5.41, 5.74) is 0.584. The zero-order chi connectivity index (χ0) is 20.4. The lowest BCUT2D eigenvalue weighted by molar-refractivity contribution is 0.363. The summed E-state index contributed by atoms with van der Waals surface area (Å²) in [5, 5.41) is 8.32. The van der Waals surface area contributed by atoms with Crippen LogP contribution in [0.15, 0.2) is 64.7 Å². The van der Waals surface area contributed by atoms with E-state index in [9.17, 15) is 9.59 Å². The van der Waals surface area contributed by atoms with E-state index in [1.807, 2.05) is 24.3 Å². The number of nitrogens with zero attached hydrogens (tertiary/aromatic N) is 3. The zero-order valence-corrected chi connectivity index (χ0v) is 15.7. The minimum absolute atomic E-state index is 0.00623. The highest BCUT2D eigenvalue weighted by Gasteiger charge is 2.14. The quantitative estimate of drug-likeness (QED) is 0.507. The molecule has 0 aliphatic carbocycles. The first-order valence-corrected chi connectivity index (χ1v) is 8.91.